The maximum absolute atomic E-state index is 14.2. The zero-order valence-corrected chi connectivity index (χ0v) is 22.9. The van der Waals surface area contributed by atoms with E-state index in [4.69, 9.17) is 20.4 Å². The summed E-state index contributed by atoms with van der Waals surface area (Å²) in [5.41, 5.74) is 10.7. The Balaban J connectivity index is 1.34. The van der Waals surface area contributed by atoms with E-state index in [0.717, 1.165) is 47.5 Å². The molecule has 4 heterocycles. The van der Waals surface area contributed by atoms with Gasteiger partial charge < -0.3 is 24.5 Å². The van der Waals surface area contributed by atoms with Gasteiger partial charge in [-0.3, -0.25) is 4.79 Å². The van der Waals surface area contributed by atoms with Crippen LogP contribution in [-0.2, 0) is 13.6 Å². The normalized spacial score (nSPS) is 25.2. The van der Waals surface area contributed by atoms with Crippen LogP contribution >= 0.6 is 0 Å². The molecular formula is C30H35FN6O2. The van der Waals surface area contributed by atoms with Crippen LogP contribution in [0.25, 0.3) is 33.6 Å². The maximum Gasteiger partial charge on any atom is 0.254 e. The third-order valence-corrected chi connectivity index (χ3v) is 9.36. The predicted octanol–water partition coefficient (Wildman–Crippen LogP) is 4.99. The fraction of sp³-hybridized carbons (Fsp3) is 0.500. The van der Waals surface area contributed by atoms with Gasteiger partial charge in [0, 0.05) is 48.6 Å². The Labute approximate surface area is 226 Å². The second-order valence-corrected chi connectivity index (χ2v) is 12.1. The van der Waals surface area contributed by atoms with Crippen LogP contribution in [0.2, 0.25) is 0 Å². The van der Waals surface area contributed by atoms with Crippen LogP contribution in [0.1, 0.15) is 61.8 Å². The van der Waals surface area contributed by atoms with Crippen molar-refractivity contribution in [2.75, 3.05) is 13.7 Å². The van der Waals surface area contributed by atoms with Crippen molar-refractivity contribution in [2.24, 2.45) is 24.1 Å². The summed E-state index contributed by atoms with van der Waals surface area (Å²) in [5, 5.41) is 0.957. The second-order valence-electron chi connectivity index (χ2n) is 12.1. The first-order chi connectivity index (χ1) is 18.7. The van der Waals surface area contributed by atoms with Gasteiger partial charge in [-0.05, 0) is 68.9 Å². The van der Waals surface area contributed by atoms with Gasteiger partial charge in [-0.2, -0.15) is 0 Å². The summed E-state index contributed by atoms with van der Waals surface area (Å²) < 4.78 is 24.2. The minimum Gasteiger partial charge on any atom is -0.494 e. The zero-order valence-electron chi connectivity index (χ0n) is 22.9. The Bertz CT molecular complexity index is 1640. The third-order valence-electron chi connectivity index (χ3n) is 9.36. The van der Waals surface area contributed by atoms with E-state index in [9.17, 15) is 9.18 Å². The monoisotopic (exact) mass is 530 g/mol. The van der Waals surface area contributed by atoms with Gasteiger partial charge in [-0.15, -0.1) is 0 Å². The lowest BCUT2D eigenvalue weighted by molar-refractivity contribution is 0.0676. The molecule has 2 saturated carbocycles. The lowest BCUT2D eigenvalue weighted by Crippen LogP contribution is -2.41. The van der Waals surface area contributed by atoms with Gasteiger partial charge in [0.2, 0.25) is 0 Å². The number of rotatable bonds is 6. The van der Waals surface area contributed by atoms with E-state index >= 15 is 0 Å². The molecule has 1 saturated heterocycles. The average molecular weight is 531 g/mol. The van der Waals surface area contributed by atoms with Crippen molar-refractivity contribution in [3.63, 3.8) is 0 Å². The van der Waals surface area contributed by atoms with Crippen LogP contribution in [0.15, 0.2) is 30.3 Å². The molecule has 1 amide bonds. The highest BCUT2D eigenvalue weighted by atomic mass is 19.1. The van der Waals surface area contributed by atoms with E-state index in [2.05, 4.69) is 17.6 Å². The zero-order chi connectivity index (χ0) is 27.2. The highest BCUT2D eigenvalue weighted by Gasteiger charge is 2.54. The molecule has 1 aliphatic heterocycles. The number of aryl methyl sites for hydroxylation is 1. The van der Waals surface area contributed by atoms with Crippen molar-refractivity contribution in [2.45, 2.75) is 64.3 Å². The minimum absolute atomic E-state index is 0.0106. The van der Waals surface area contributed by atoms with Gasteiger partial charge >= 0.3 is 0 Å². The number of halogens is 1. The highest BCUT2D eigenvalue weighted by molar-refractivity contribution is 6.00. The van der Waals surface area contributed by atoms with Gasteiger partial charge in [0.05, 0.1) is 24.0 Å². The standard InChI is InChI=1S/C30H35FN6O2/c1-16(31)20-8-7-18-12-23(36(27(18)33-20)14-17-5-6-17)28-34-21-11-19(13-24(39-4)25(21)35(28)3)29(38)37-15-30(2)10-9-22(37)26(30)32/h7-8,11-13,16-17,22,26H,5-6,9-10,14-15,32H2,1-4H3/t16?,22-,26+,30-/m1/s1. The first-order valence-electron chi connectivity index (χ1n) is 13.9. The number of imidazole rings is 1. The Hall–Kier alpha value is -3.46. The number of nitrogens with two attached hydrogens (primary N) is 1. The maximum atomic E-state index is 14.2. The van der Waals surface area contributed by atoms with Gasteiger partial charge in [-0.1, -0.05) is 6.92 Å². The Morgan fingerprint density at radius 3 is 2.67 bits per heavy atom. The molecule has 2 N–H and O–H groups in total. The molecular weight excluding hydrogens is 495 g/mol. The average Bonchev–Trinajstić information content (AvgIpc) is 3.42. The Morgan fingerprint density at radius 2 is 2.03 bits per heavy atom. The van der Waals surface area contributed by atoms with Gasteiger partial charge in [-0.25, -0.2) is 14.4 Å². The number of benzene rings is 1. The molecule has 0 spiro atoms. The number of ether oxygens (including phenoxy) is 1. The molecule has 8 nitrogen and oxygen atoms in total. The van der Waals surface area contributed by atoms with Gasteiger partial charge in [0.1, 0.15) is 23.1 Å². The summed E-state index contributed by atoms with van der Waals surface area (Å²) in [7, 11) is 3.59. The van der Waals surface area contributed by atoms with Crippen LogP contribution in [0.3, 0.4) is 0 Å². The SMILES string of the molecule is COc1cc(C(=O)N2C[C@@]3(C)CC[C@@H]2[C@@H]3N)cc2nc(-c3cc4ccc(C(C)F)nc4n3CC3CC3)n(C)c12. The summed E-state index contributed by atoms with van der Waals surface area (Å²) in [4.78, 5) is 25.4. The number of likely N-dealkylation sites (tertiary alicyclic amines) is 1. The number of amides is 1. The van der Waals surface area contributed by atoms with E-state index in [1.54, 1.807) is 13.2 Å². The molecule has 0 radical (unpaired) electrons. The topological polar surface area (TPSA) is 91.2 Å². The number of aromatic nitrogens is 4. The predicted molar refractivity (Wildman–Crippen MR) is 148 cm³/mol. The summed E-state index contributed by atoms with van der Waals surface area (Å²) >= 11 is 0. The molecule has 2 bridgehead atoms. The van der Waals surface area contributed by atoms with E-state index < -0.39 is 6.17 Å². The van der Waals surface area contributed by atoms with Gasteiger partial charge in [0.25, 0.3) is 5.91 Å². The molecule has 39 heavy (non-hydrogen) atoms. The van der Waals surface area contributed by atoms with Crippen LogP contribution in [-0.4, -0.2) is 55.6 Å². The van der Waals surface area contributed by atoms with Crippen molar-refractivity contribution in [1.29, 1.82) is 0 Å². The fourth-order valence-corrected chi connectivity index (χ4v) is 6.83. The largest absolute Gasteiger partial charge is 0.494 e. The Morgan fingerprint density at radius 1 is 1.23 bits per heavy atom. The quantitative estimate of drug-likeness (QED) is 0.379. The molecule has 9 heteroatoms. The third kappa shape index (κ3) is 3.69. The summed E-state index contributed by atoms with van der Waals surface area (Å²) in [6.45, 7) is 5.20. The number of hydrogen-bond donors (Lipinski definition) is 1. The number of alkyl halides is 1. The highest BCUT2D eigenvalue weighted by Crippen LogP contribution is 2.47. The molecule has 3 fully saturated rings. The molecule has 204 valence electrons. The van der Waals surface area contributed by atoms with Crippen LogP contribution in [0.4, 0.5) is 4.39 Å². The minimum atomic E-state index is -1.14. The first kappa shape index (κ1) is 24.6. The molecule has 4 atom stereocenters. The number of hydrogen-bond acceptors (Lipinski definition) is 5. The molecule has 2 aliphatic carbocycles. The van der Waals surface area contributed by atoms with E-state index in [1.807, 2.05) is 34.7 Å². The number of pyridine rings is 1. The van der Waals surface area contributed by atoms with Crippen molar-refractivity contribution in [1.82, 2.24) is 24.0 Å². The van der Waals surface area contributed by atoms with Crippen molar-refractivity contribution < 1.29 is 13.9 Å². The second kappa shape index (κ2) is 8.52. The van der Waals surface area contributed by atoms with Gasteiger partial charge in [0.15, 0.2) is 5.82 Å². The lowest BCUT2D eigenvalue weighted by Gasteiger charge is -2.30. The number of nitrogens with zero attached hydrogens (tertiary/aromatic N) is 5. The number of fused-ring (bicyclic) bond motifs is 4. The van der Waals surface area contributed by atoms with Crippen molar-refractivity contribution in [3.05, 3.63) is 41.6 Å². The number of piperidine rings is 1. The summed E-state index contributed by atoms with van der Waals surface area (Å²) in [5.74, 6) is 1.93. The molecule has 1 unspecified atom stereocenters. The van der Waals surface area contributed by atoms with Crippen LogP contribution in [0, 0.1) is 11.3 Å². The van der Waals surface area contributed by atoms with Crippen molar-refractivity contribution in [3.8, 4) is 17.3 Å². The molecule has 1 aromatic carbocycles. The van der Waals surface area contributed by atoms with Crippen LogP contribution < -0.4 is 10.5 Å². The van der Waals surface area contributed by atoms with Crippen molar-refractivity contribution >= 4 is 28.0 Å². The summed E-state index contributed by atoms with van der Waals surface area (Å²) in [6, 6.07) is 9.56. The number of methoxy groups -OCH3 is 1. The first-order valence-corrected chi connectivity index (χ1v) is 13.9. The molecule has 3 aliphatic rings. The fourth-order valence-electron chi connectivity index (χ4n) is 6.83. The number of carbonyl (C=O) groups excluding carboxylic acids is 1. The summed E-state index contributed by atoms with van der Waals surface area (Å²) in [6.07, 6.45) is 3.23. The van der Waals surface area contributed by atoms with E-state index in [0.29, 0.717) is 35.0 Å². The smallest absolute Gasteiger partial charge is 0.254 e. The van der Waals surface area contributed by atoms with E-state index in [1.165, 1.54) is 19.8 Å². The molecule has 4 aromatic rings. The number of carbonyl (C=O) groups is 1. The lowest BCUT2D eigenvalue weighted by atomic mass is 9.87. The Kier molecular flexibility index (Phi) is 5.37. The molecule has 7 rings (SSSR count). The van der Waals surface area contributed by atoms with Crippen LogP contribution in [0.5, 0.6) is 5.75 Å². The molecule has 3 aromatic heterocycles. The van der Waals surface area contributed by atoms with E-state index in [-0.39, 0.29) is 23.4 Å².